The Morgan fingerprint density at radius 1 is 1.26 bits per heavy atom. The van der Waals surface area contributed by atoms with Gasteiger partial charge in [0.1, 0.15) is 5.75 Å². The van der Waals surface area contributed by atoms with Crippen LogP contribution in [-0.2, 0) is 9.22 Å². The lowest BCUT2D eigenvalue weighted by molar-refractivity contribution is -0.124. The van der Waals surface area contributed by atoms with Crippen LogP contribution in [0.1, 0.15) is 38.3 Å². The van der Waals surface area contributed by atoms with Gasteiger partial charge in [-0.1, -0.05) is 26.8 Å². The predicted octanol–water partition coefficient (Wildman–Crippen LogP) is 4.41. The van der Waals surface area contributed by atoms with Gasteiger partial charge in [0.25, 0.3) is 5.91 Å². The van der Waals surface area contributed by atoms with Gasteiger partial charge < -0.3 is 14.5 Å². The number of rotatable bonds is 4. The summed E-state index contributed by atoms with van der Waals surface area (Å²) in [6.45, 7) is 15.6. The van der Waals surface area contributed by atoms with E-state index in [1.165, 1.54) is 0 Å². The molecule has 5 heteroatoms. The Kier molecular flexibility index (Phi) is 4.92. The van der Waals surface area contributed by atoms with Crippen LogP contribution in [0.3, 0.4) is 0 Å². The number of fused-ring (bicyclic) bond motifs is 1. The Morgan fingerprint density at radius 3 is 2.52 bits per heavy atom. The van der Waals surface area contributed by atoms with Gasteiger partial charge >= 0.3 is 0 Å². The zero-order valence-corrected chi connectivity index (χ0v) is 16.4. The van der Waals surface area contributed by atoms with E-state index in [0.29, 0.717) is 13.0 Å². The number of ether oxygens (including phenoxy) is 1. The normalized spacial score (nSPS) is 18.2. The molecule has 4 nitrogen and oxygen atoms in total. The van der Waals surface area contributed by atoms with Crippen molar-refractivity contribution >= 4 is 19.9 Å². The van der Waals surface area contributed by atoms with Crippen LogP contribution in [0.4, 0.5) is 5.69 Å². The Hall–Kier alpha value is -1.33. The Bertz CT molecular complexity index is 605. The van der Waals surface area contributed by atoms with Gasteiger partial charge in [0.2, 0.25) is 0 Å². The van der Waals surface area contributed by atoms with E-state index in [9.17, 15) is 4.79 Å². The van der Waals surface area contributed by atoms with E-state index in [4.69, 9.17) is 9.16 Å². The van der Waals surface area contributed by atoms with Gasteiger partial charge in [0.05, 0.1) is 5.69 Å². The van der Waals surface area contributed by atoms with E-state index in [0.717, 1.165) is 22.6 Å². The molecular weight excluding hydrogens is 306 g/mol. The highest BCUT2D eigenvalue weighted by Crippen LogP contribution is 2.37. The average molecular weight is 336 g/mol. The van der Waals surface area contributed by atoms with Crippen molar-refractivity contribution in [2.45, 2.75) is 65.3 Å². The number of carbonyl (C=O) groups is 1. The van der Waals surface area contributed by atoms with E-state index >= 15 is 0 Å². The molecule has 1 aromatic rings. The van der Waals surface area contributed by atoms with Crippen LogP contribution in [0.2, 0.25) is 18.1 Å². The first-order valence-electron chi connectivity index (χ1n) is 8.24. The molecule has 0 bridgehead atoms. The van der Waals surface area contributed by atoms with Gasteiger partial charge in [-0.25, -0.2) is 0 Å². The maximum atomic E-state index is 12.3. The third-order valence-corrected chi connectivity index (χ3v) is 9.42. The van der Waals surface area contributed by atoms with Gasteiger partial charge in [-0.2, -0.15) is 0 Å². The van der Waals surface area contributed by atoms with Gasteiger partial charge in [0.15, 0.2) is 14.4 Å². The minimum atomic E-state index is -1.79. The number of hydrogen-bond donors (Lipinski definition) is 1. The summed E-state index contributed by atoms with van der Waals surface area (Å²) >= 11 is 0. The van der Waals surface area contributed by atoms with E-state index in [-0.39, 0.29) is 10.9 Å². The molecule has 1 amide bonds. The van der Waals surface area contributed by atoms with E-state index in [2.05, 4.69) is 45.2 Å². The minimum Gasteiger partial charge on any atom is -0.478 e. The first kappa shape index (κ1) is 18.0. The molecule has 1 N–H and O–H groups in total. The quantitative estimate of drug-likeness (QED) is 0.829. The summed E-state index contributed by atoms with van der Waals surface area (Å²) in [4.78, 5) is 12.3. The Balaban J connectivity index is 2.01. The number of aryl methyl sites for hydroxylation is 2. The maximum absolute atomic E-state index is 12.3. The molecule has 1 aromatic carbocycles. The monoisotopic (exact) mass is 335 g/mol. The van der Waals surface area contributed by atoms with Crippen molar-refractivity contribution in [2.75, 3.05) is 11.9 Å². The molecule has 1 heterocycles. The second kappa shape index (κ2) is 6.28. The largest absolute Gasteiger partial charge is 0.478 e. The molecule has 2 rings (SSSR count). The fraction of sp³-hybridized carbons (Fsp3) is 0.611. The van der Waals surface area contributed by atoms with Crippen LogP contribution < -0.4 is 10.1 Å². The highest BCUT2D eigenvalue weighted by atomic mass is 28.4. The molecule has 1 unspecified atom stereocenters. The summed E-state index contributed by atoms with van der Waals surface area (Å²) in [7, 11) is -1.79. The molecule has 0 fully saturated rings. The van der Waals surface area contributed by atoms with Crippen LogP contribution in [0.25, 0.3) is 0 Å². The molecule has 0 radical (unpaired) electrons. The van der Waals surface area contributed by atoms with Crippen molar-refractivity contribution < 1.29 is 14.0 Å². The summed E-state index contributed by atoms with van der Waals surface area (Å²) < 4.78 is 12.1. The van der Waals surface area contributed by atoms with Crippen molar-refractivity contribution in [1.82, 2.24) is 0 Å². The Morgan fingerprint density at radius 2 is 1.91 bits per heavy atom. The molecule has 0 spiro atoms. The number of anilines is 1. The SMILES string of the molecule is Cc1cc(C)c2c(c1)NC(=O)C(CCO[Si](C)(C)C(C)(C)C)O2. The summed E-state index contributed by atoms with van der Waals surface area (Å²) in [5.74, 6) is 0.703. The molecule has 1 aliphatic heterocycles. The van der Waals surface area contributed by atoms with E-state index < -0.39 is 14.4 Å². The molecule has 0 aliphatic carbocycles. The van der Waals surface area contributed by atoms with Crippen LogP contribution in [0.5, 0.6) is 5.75 Å². The maximum Gasteiger partial charge on any atom is 0.265 e. The molecule has 128 valence electrons. The second-order valence-corrected chi connectivity index (χ2v) is 12.8. The molecule has 1 aliphatic rings. The van der Waals surface area contributed by atoms with Crippen LogP contribution >= 0.6 is 0 Å². The fourth-order valence-electron chi connectivity index (χ4n) is 2.44. The summed E-state index contributed by atoms with van der Waals surface area (Å²) in [6, 6.07) is 4.02. The molecular formula is C18H29NO3Si. The van der Waals surface area contributed by atoms with Crippen LogP contribution in [-0.4, -0.2) is 26.9 Å². The van der Waals surface area contributed by atoms with Gasteiger partial charge in [-0.15, -0.1) is 0 Å². The van der Waals surface area contributed by atoms with Gasteiger partial charge in [-0.05, 0) is 49.2 Å². The standard InChI is InChI=1S/C18H29NO3Si/c1-12-10-13(2)16-14(11-12)19-17(20)15(22-16)8-9-21-23(6,7)18(3,4)5/h10-11,15H,8-9H2,1-7H3,(H,19,20). The number of nitrogens with one attached hydrogen (secondary N) is 1. The predicted molar refractivity (Wildman–Crippen MR) is 96.7 cm³/mol. The van der Waals surface area contributed by atoms with Crippen molar-refractivity contribution in [3.8, 4) is 5.75 Å². The topological polar surface area (TPSA) is 47.6 Å². The second-order valence-electron chi connectivity index (χ2n) is 7.95. The van der Waals surface area contributed by atoms with Crippen molar-refractivity contribution in [3.05, 3.63) is 23.3 Å². The molecule has 0 aromatic heterocycles. The first-order valence-corrected chi connectivity index (χ1v) is 11.1. The number of amides is 1. The third kappa shape index (κ3) is 3.96. The lowest BCUT2D eigenvalue weighted by Crippen LogP contribution is -2.43. The van der Waals surface area contributed by atoms with E-state index in [1.54, 1.807) is 0 Å². The van der Waals surface area contributed by atoms with Crippen LogP contribution in [0.15, 0.2) is 12.1 Å². The smallest absolute Gasteiger partial charge is 0.265 e. The molecule has 23 heavy (non-hydrogen) atoms. The summed E-state index contributed by atoms with van der Waals surface area (Å²) in [5.41, 5.74) is 2.94. The molecule has 0 saturated heterocycles. The first-order chi connectivity index (χ1) is 10.5. The van der Waals surface area contributed by atoms with Crippen LogP contribution in [0, 0.1) is 13.8 Å². The highest BCUT2D eigenvalue weighted by molar-refractivity contribution is 6.74. The summed E-state index contributed by atoms with van der Waals surface area (Å²) in [6.07, 6.45) is 0.0964. The fourth-order valence-corrected chi connectivity index (χ4v) is 3.50. The Labute approximate surface area is 140 Å². The lowest BCUT2D eigenvalue weighted by atomic mass is 10.1. The lowest BCUT2D eigenvalue weighted by Gasteiger charge is -2.36. The average Bonchev–Trinajstić information content (AvgIpc) is 2.38. The highest BCUT2D eigenvalue weighted by Gasteiger charge is 2.37. The van der Waals surface area contributed by atoms with E-state index in [1.807, 2.05) is 19.9 Å². The van der Waals surface area contributed by atoms with Gasteiger partial charge in [0, 0.05) is 13.0 Å². The third-order valence-electron chi connectivity index (χ3n) is 4.88. The zero-order chi connectivity index (χ0) is 17.4. The van der Waals surface area contributed by atoms with Crippen molar-refractivity contribution in [2.24, 2.45) is 0 Å². The minimum absolute atomic E-state index is 0.0821. The number of benzene rings is 1. The van der Waals surface area contributed by atoms with Crippen molar-refractivity contribution in [3.63, 3.8) is 0 Å². The number of hydrogen-bond acceptors (Lipinski definition) is 3. The van der Waals surface area contributed by atoms with Crippen molar-refractivity contribution in [1.29, 1.82) is 0 Å². The molecule has 0 saturated carbocycles. The summed E-state index contributed by atoms with van der Waals surface area (Å²) in [5, 5.41) is 3.13. The number of carbonyl (C=O) groups excluding carboxylic acids is 1. The molecule has 1 atom stereocenters. The zero-order valence-electron chi connectivity index (χ0n) is 15.4. The van der Waals surface area contributed by atoms with Gasteiger partial charge in [-0.3, -0.25) is 4.79 Å².